The molecule has 0 bridgehead atoms. The summed E-state index contributed by atoms with van der Waals surface area (Å²) in [4.78, 5) is 4.12. The molecule has 0 aromatic carbocycles. The zero-order valence-corrected chi connectivity index (χ0v) is 11.3. The van der Waals surface area contributed by atoms with Crippen LogP contribution >= 0.6 is 0 Å². The SMILES string of the molecule is CC1CNCC1NS(=O)(=O)CCc1ccccn1. The number of rotatable bonds is 5. The minimum Gasteiger partial charge on any atom is -0.315 e. The Morgan fingerprint density at radius 2 is 2.28 bits per heavy atom. The summed E-state index contributed by atoms with van der Waals surface area (Å²) in [5.41, 5.74) is 0.806. The molecule has 1 aromatic rings. The van der Waals surface area contributed by atoms with E-state index in [4.69, 9.17) is 0 Å². The molecule has 2 atom stereocenters. The molecule has 100 valence electrons. The standard InChI is InChI=1S/C12H19N3O2S/c1-10-8-13-9-12(10)15-18(16,17)7-5-11-4-2-3-6-14-11/h2-4,6,10,12-13,15H,5,7-9H2,1H3. The summed E-state index contributed by atoms with van der Waals surface area (Å²) in [6.07, 6.45) is 2.13. The quantitative estimate of drug-likeness (QED) is 0.798. The molecular formula is C12H19N3O2S. The lowest BCUT2D eigenvalue weighted by Gasteiger charge is -2.16. The second-order valence-electron chi connectivity index (χ2n) is 4.75. The van der Waals surface area contributed by atoms with E-state index < -0.39 is 10.0 Å². The largest absolute Gasteiger partial charge is 0.315 e. The van der Waals surface area contributed by atoms with E-state index in [9.17, 15) is 8.42 Å². The first-order chi connectivity index (χ1) is 8.57. The van der Waals surface area contributed by atoms with Crippen molar-refractivity contribution in [1.82, 2.24) is 15.0 Å². The van der Waals surface area contributed by atoms with Crippen molar-refractivity contribution in [2.75, 3.05) is 18.8 Å². The number of nitrogens with one attached hydrogen (secondary N) is 2. The lowest BCUT2D eigenvalue weighted by atomic mass is 10.1. The lowest BCUT2D eigenvalue weighted by molar-refractivity contribution is 0.502. The van der Waals surface area contributed by atoms with Gasteiger partial charge in [0.2, 0.25) is 10.0 Å². The van der Waals surface area contributed by atoms with Gasteiger partial charge in [-0.3, -0.25) is 4.98 Å². The predicted molar refractivity (Wildman–Crippen MR) is 70.7 cm³/mol. The highest BCUT2D eigenvalue weighted by Crippen LogP contribution is 2.09. The van der Waals surface area contributed by atoms with Gasteiger partial charge in [-0.2, -0.15) is 0 Å². The third-order valence-electron chi connectivity index (χ3n) is 3.20. The van der Waals surface area contributed by atoms with Crippen LogP contribution in [-0.2, 0) is 16.4 Å². The summed E-state index contributed by atoms with van der Waals surface area (Å²) in [6.45, 7) is 3.63. The van der Waals surface area contributed by atoms with Gasteiger partial charge in [-0.05, 0) is 24.6 Å². The molecule has 2 unspecified atom stereocenters. The summed E-state index contributed by atoms with van der Waals surface area (Å²) >= 11 is 0. The Morgan fingerprint density at radius 3 is 2.89 bits per heavy atom. The Morgan fingerprint density at radius 1 is 1.44 bits per heavy atom. The monoisotopic (exact) mass is 269 g/mol. The smallest absolute Gasteiger partial charge is 0.212 e. The second-order valence-corrected chi connectivity index (χ2v) is 6.62. The Hall–Kier alpha value is -0.980. The van der Waals surface area contributed by atoms with E-state index in [2.05, 4.69) is 15.0 Å². The number of sulfonamides is 1. The molecule has 1 aromatic heterocycles. The molecule has 0 saturated carbocycles. The summed E-state index contributed by atoms with van der Waals surface area (Å²) in [5, 5.41) is 3.18. The number of nitrogens with zero attached hydrogens (tertiary/aromatic N) is 1. The zero-order valence-electron chi connectivity index (χ0n) is 10.5. The van der Waals surface area contributed by atoms with Gasteiger partial charge in [-0.25, -0.2) is 13.1 Å². The summed E-state index contributed by atoms with van der Waals surface area (Å²) < 4.78 is 26.6. The highest BCUT2D eigenvalue weighted by Gasteiger charge is 2.26. The van der Waals surface area contributed by atoms with Crippen LogP contribution in [0.5, 0.6) is 0 Å². The van der Waals surface area contributed by atoms with Crippen molar-refractivity contribution in [3.05, 3.63) is 30.1 Å². The molecule has 0 spiro atoms. The molecule has 5 nitrogen and oxygen atoms in total. The lowest BCUT2D eigenvalue weighted by Crippen LogP contribution is -2.41. The number of hydrogen-bond donors (Lipinski definition) is 2. The molecule has 18 heavy (non-hydrogen) atoms. The van der Waals surface area contributed by atoms with E-state index >= 15 is 0 Å². The van der Waals surface area contributed by atoms with Crippen LogP contribution in [0.3, 0.4) is 0 Å². The first kappa shape index (κ1) is 13.5. The van der Waals surface area contributed by atoms with Crippen LogP contribution in [-0.4, -0.2) is 38.3 Å². The maximum Gasteiger partial charge on any atom is 0.212 e. The topological polar surface area (TPSA) is 71.1 Å². The number of pyridine rings is 1. The molecule has 2 heterocycles. The number of hydrogen-bond acceptors (Lipinski definition) is 4. The Labute approximate surface area is 108 Å². The van der Waals surface area contributed by atoms with E-state index in [0.29, 0.717) is 18.9 Å². The molecule has 1 aliphatic rings. The molecule has 0 aliphatic carbocycles. The Bertz CT molecular complexity index is 475. The van der Waals surface area contributed by atoms with Gasteiger partial charge in [0, 0.05) is 30.9 Å². The van der Waals surface area contributed by atoms with Crippen molar-refractivity contribution < 1.29 is 8.42 Å². The van der Waals surface area contributed by atoms with Crippen molar-refractivity contribution in [3.8, 4) is 0 Å². The fourth-order valence-electron chi connectivity index (χ4n) is 2.04. The van der Waals surface area contributed by atoms with Crippen LogP contribution in [0.25, 0.3) is 0 Å². The third kappa shape index (κ3) is 3.76. The van der Waals surface area contributed by atoms with Gasteiger partial charge in [0.1, 0.15) is 0 Å². The number of aromatic nitrogens is 1. The number of aryl methyl sites for hydroxylation is 1. The maximum atomic E-state index is 11.9. The molecule has 0 radical (unpaired) electrons. The minimum absolute atomic E-state index is 0.0127. The predicted octanol–water partition coefficient (Wildman–Crippen LogP) is 0.151. The van der Waals surface area contributed by atoms with E-state index in [1.165, 1.54) is 0 Å². The maximum absolute atomic E-state index is 11.9. The zero-order chi connectivity index (χ0) is 13.0. The van der Waals surface area contributed by atoms with Crippen LogP contribution in [0.15, 0.2) is 24.4 Å². The molecule has 1 aliphatic heterocycles. The molecule has 1 saturated heterocycles. The van der Waals surface area contributed by atoms with Crippen molar-refractivity contribution in [1.29, 1.82) is 0 Å². The molecule has 1 fully saturated rings. The van der Waals surface area contributed by atoms with Crippen molar-refractivity contribution >= 4 is 10.0 Å². The van der Waals surface area contributed by atoms with E-state index in [1.54, 1.807) is 6.20 Å². The minimum atomic E-state index is -3.23. The van der Waals surface area contributed by atoms with E-state index in [0.717, 1.165) is 12.2 Å². The van der Waals surface area contributed by atoms with Crippen molar-refractivity contribution in [2.24, 2.45) is 5.92 Å². The van der Waals surface area contributed by atoms with Crippen LogP contribution in [0.1, 0.15) is 12.6 Å². The second kappa shape index (κ2) is 5.77. The highest BCUT2D eigenvalue weighted by molar-refractivity contribution is 7.89. The summed E-state index contributed by atoms with van der Waals surface area (Å²) in [5.74, 6) is 0.433. The van der Waals surface area contributed by atoms with E-state index in [-0.39, 0.29) is 11.8 Å². The fourth-order valence-corrected chi connectivity index (χ4v) is 3.41. The average Bonchev–Trinajstić information content (AvgIpc) is 2.73. The van der Waals surface area contributed by atoms with Gasteiger partial charge in [-0.15, -0.1) is 0 Å². The Balaban J connectivity index is 1.88. The Kier molecular flexibility index (Phi) is 4.31. The highest BCUT2D eigenvalue weighted by atomic mass is 32.2. The summed E-state index contributed by atoms with van der Waals surface area (Å²) in [7, 11) is -3.23. The van der Waals surface area contributed by atoms with Crippen molar-refractivity contribution in [2.45, 2.75) is 19.4 Å². The normalized spacial score (nSPS) is 24.3. The summed E-state index contributed by atoms with van der Waals surface area (Å²) in [6, 6.07) is 5.54. The van der Waals surface area contributed by atoms with E-state index in [1.807, 2.05) is 25.1 Å². The first-order valence-electron chi connectivity index (χ1n) is 6.17. The van der Waals surface area contributed by atoms with Crippen LogP contribution in [0, 0.1) is 5.92 Å². The van der Waals surface area contributed by atoms with Gasteiger partial charge in [0.25, 0.3) is 0 Å². The van der Waals surface area contributed by atoms with Gasteiger partial charge in [0.15, 0.2) is 0 Å². The first-order valence-corrected chi connectivity index (χ1v) is 7.83. The van der Waals surface area contributed by atoms with Crippen molar-refractivity contribution in [3.63, 3.8) is 0 Å². The molecule has 0 amide bonds. The molecule has 2 N–H and O–H groups in total. The molecule has 6 heteroatoms. The van der Waals surface area contributed by atoms with Gasteiger partial charge in [0.05, 0.1) is 5.75 Å². The average molecular weight is 269 g/mol. The van der Waals surface area contributed by atoms with Crippen LogP contribution in [0.2, 0.25) is 0 Å². The van der Waals surface area contributed by atoms with Gasteiger partial charge < -0.3 is 5.32 Å². The third-order valence-corrected chi connectivity index (χ3v) is 4.60. The van der Waals surface area contributed by atoms with Crippen LogP contribution < -0.4 is 10.0 Å². The van der Waals surface area contributed by atoms with Gasteiger partial charge in [-0.1, -0.05) is 13.0 Å². The van der Waals surface area contributed by atoms with Gasteiger partial charge >= 0.3 is 0 Å². The molecular weight excluding hydrogens is 250 g/mol. The fraction of sp³-hybridized carbons (Fsp3) is 0.583. The molecule has 2 rings (SSSR count). The van der Waals surface area contributed by atoms with Crippen LogP contribution in [0.4, 0.5) is 0 Å².